The Morgan fingerprint density at radius 2 is 2.29 bits per heavy atom. The molecular formula is C11H13N3O2S. The summed E-state index contributed by atoms with van der Waals surface area (Å²) in [6.07, 6.45) is 3.08. The van der Waals surface area contributed by atoms with Crippen LogP contribution in [0.4, 0.5) is 5.69 Å². The SMILES string of the molecule is CCOc1ncnc(Sc2ccoc2C)c1N. The van der Waals surface area contributed by atoms with Gasteiger partial charge in [0, 0.05) is 0 Å². The summed E-state index contributed by atoms with van der Waals surface area (Å²) in [7, 11) is 0. The van der Waals surface area contributed by atoms with Crippen LogP contribution in [-0.4, -0.2) is 16.6 Å². The highest BCUT2D eigenvalue weighted by atomic mass is 32.2. The largest absolute Gasteiger partial charge is 0.476 e. The molecule has 0 bridgehead atoms. The van der Waals surface area contributed by atoms with E-state index in [2.05, 4.69) is 9.97 Å². The monoisotopic (exact) mass is 251 g/mol. The second-order valence-electron chi connectivity index (χ2n) is 3.27. The van der Waals surface area contributed by atoms with E-state index in [-0.39, 0.29) is 0 Å². The van der Waals surface area contributed by atoms with Crippen LogP contribution in [-0.2, 0) is 0 Å². The highest BCUT2D eigenvalue weighted by Gasteiger charge is 2.12. The molecule has 0 saturated carbocycles. The standard InChI is InChI=1S/C11H13N3O2S/c1-3-15-10-9(12)11(14-6-13-10)17-8-4-5-16-7(8)2/h4-6H,3,12H2,1-2H3. The lowest BCUT2D eigenvalue weighted by atomic mass is 10.5. The maximum absolute atomic E-state index is 5.93. The summed E-state index contributed by atoms with van der Waals surface area (Å²) < 4.78 is 10.5. The minimum absolute atomic E-state index is 0.422. The minimum Gasteiger partial charge on any atom is -0.476 e. The molecule has 2 aromatic rings. The van der Waals surface area contributed by atoms with E-state index in [1.807, 2.05) is 19.9 Å². The molecule has 0 radical (unpaired) electrons. The molecule has 0 aliphatic rings. The van der Waals surface area contributed by atoms with Crippen molar-refractivity contribution in [1.82, 2.24) is 9.97 Å². The summed E-state index contributed by atoms with van der Waals surface area (Å²) in [5.41, 5.74) is 6.39. The summed E-state index contributed by atoms with van der Waals surface area (Å²) in [6.45, 7) is 4.30. The number of hydrogen-bond acceptors (Lipinski definition) is 6. The van der Waals surface area contributed by atoms with E-state index in [1.54, 1.807) is 6.26 Å². The van der Waals surface area contributed by atoms with Gasteiger partial charge in [-0.25, -0.2) is 4.98 Å². The molecule has 2 heterocycles. The Balaban J connectivity index is 2.27. The van der Waals surface area contributed by atoms with Gasteiger partial charge in [-0.2, -0.15) is 4.98 Å². The summed E-state index contributed by atoms with van der Waals surface area (Å²) in [6, 6.07) is 1.88. The van der Waals surface area contributed by atoms with Gasteiger partial charge >= 0.3 is 0 Å². The van der Waals surface area contributed by atoms with Gasteiger partial charge in [-0.05, 0) is 19.9 Å². The Kier molecular flexibility index (Phi) is 3.53. The van der Waals surface area contributed by atoms with Gasteiger partial charge in [-0.15, -0.1) is 0 Å². The number of nitrogens with zero attached hydrogens (tertiary/aromatic N) is 2. The number of aryl methyl sites for hydroxylation is 1. The molecular weight excluding hydrogens is 238 g/mol. The third-order valence-electron chi connectivity index (χ3n) is 2.11. The molecule has 5 nitrogen and oxygen atoms in total. The lowest BCUT2D eigenvalue weighted by Crippen LogP contribution is -2.02. The van der Waals surface area contributed by atoms with Crippen molar-refractivity contribution in [3.05, 3.63) is 24.4 Å². The molecule has 0 amide bonds. The normalized spacial score (nSPS) is 10.5. The van der Waals surface area contributed by atoms with Gasteiger partial charge in [-0.3, -0.25) is 0 Å². The van der Waals surface area contributed by atoms with Crippen LogP contribution < -0.4 is 10.5 Å². The van der Waals surface area contributed by atoms with Crippen molar-refractivity contribution in [1.29, 1.82) is 0 Å². The Bertz CT molecular complexity index is 513. The van der Waals surface area contributed by atoms with Crippen LogP contribution in [0.2, 0.25) is 0 Å². The Morgan fingerprint density at radius 1 is 1.47 bits per heavy atom. The Morgan fingerprint density at radius 3 is 2.94 bits per heavy atom. The van der Waals surface area contributed by atoms with Gasteiger partial charge in [0.05, 0.1) is 17.8 Å². The first-order valence-electron chi connectivity index (χ1n) is 5.17. The third kappa shape index (κ3) is 2.52. The van der Waals surface area contributed by atoms with Gasteiger partial charge in [0.1, 0.15) is 22.8 Å². The summed E-state index contributed by atoms with van der Waals surface area (Å²) >= 11 is 1.44. The van der Waals surface area contributed by atoms with Crippen LogP contribution in [0, 0.1) is 6.92 Å². The number of nitrogen functional groups attached to an aromatic ring is 1. The van der Waals surface area contributed by atoms with Gasteiger partial charge in [0.15, 0.2) is 0 Å². The van der Waals surface area contributed by atoms with Crippen LogP contribution in [0.5, 0.6) is 5.88 Å². The highest BCUT2D eigenvalue weighted by Crippen LogP contribution is 2.35. The Labute approximate surface area is 103 Å². The van der Waals surface area contributed by atoms with Crippen molar-refractivity contribution in [2.75, 3.05) is 12.3 Å². The van der Waals surface area contributed by atoms with Crippen molar-refractivity contribution in [2.24, 2.45) is 0 Å². The number of hydrogen-bond donors (Lipinski definition) is 1. The number of furan rings is 1. The molecule has 6 heteroatoms. The second-order valence-corrected chi connectivity index (χ2v) is 4.30. The molecule has 0 saturated heterocycles. The molecule has 0 aliphatic heterocycles. The van der Waals surface area contributed by atoms with Crippen molar-refractivity contribution in [2.45, 2.75) is 23.8 Å². The van der Waals surface area contributed by atoms with E-state index >= 15 is 0 Å². The predicted molar refractivity (Wildman–Crippen MR) is 65.2 cm³/mol. The van der Waals surface area contributed by atoms with Crippen LogP contribution >= 0.6 is 11.8 Å². The zero-order valence-corrected chi connectivity index (χ0v) is 10.5. The van der Waals surface area contributed by atoms with E-state index in [0.29, 0.717) is 23.2 Å². The molecule has 2 N–H and O–H groups in total. The van der Waals surface area contributed by atoms with Crippen LogP contribution in [0.15, 0.2) is 33.0 Å². The van der Waals surface area contributed by atoms with Gasteiger partial charge < -0.3 is 14.9 Å². The fourth-order valence-electron chi connectivity index (χ4n) is 1.28. The van der Waals surface area contributed by atoms with Crippen LogP contribution in [0.3, 0.4) is 0 Å². The molecule has 2 rings (SSSR count). The van der Waals surface area contributed by atoms with Crippen molar-refractivity contribution in [3.63, 3.8) is 0 Å². The van der Waals surface area contributed by atoms with E-state index in [4.69, 9.17) is 14.9 Å². The Hall–Kier alpha value is -1.69. The summed E-state index contributed by atoms with van der Waals surface area (Å²) in [5, 5.41) is 0.674. The quantitative estimate of drug-likeness (QED) is 0.841. The number of nitrogens with two attached hydrogens (primary N) is 1. The number of anilines is 1. The number of aromatic nitrogens is 2. The fraction of sp³-hybridized carbons (Fsp3) is 0.273. The molecule has 17 heavy (non-hydrogen) atoms. The first-order valence-corrected chi connectivity index (χ1v) is 5.99. The lowest BCUT2D eigenvalue weighted by Gasteiger charge is -2.08. The number of rotatable bonds is 4. The zero-order valence-electron chi connectivity index (χ0n) is 9.64. The van der Waals surface area contributed by atoms with Crippen molar-refractivity contribution < 1.29 is 9.15 Å². The van der Waals surface area contributed by atoms with E-state index in [9.17, 15) is 0 Å². The van der Waals surface area contributed by atoms with Crippen LogP contribution in [0.1, 0.15) is 12.7 Å². The first kappa shape index (κ1) is 11.8. The average Bonchev–Trinajstić information content (AvgIpc) is 2.70. The van der Waals surface area contributed by atoms with Crippen molar-refractivity contribution in [3.8, 4) is 5.88 Å². The summed E-state index contributed by atoms with van der Waals surface area (Å²) in [5.74, 6) is 1.26. The molecule has 0 aliphatic carbocycles. The van der Waals surface area contributed by atoms with Gasteiger partial charge in [0.2, 0.25) is 5.88 Å². The maximum Gasteiger partial charge on any atom is 0.241 e. The smallest absolute Gasteiger partial charge is 0.241 e. The third-order valence-corrected chi connectivity index (χ3v) is 3.27. The molecule has 2 aromatic heterocycles. The predicted octanol–water partition coefficient (Wildman–Crippen LogP) is 2.51. The fourth-order valence-corrected chi connectivity index (χ4v) is 2.10. The molecule has 0 atom stereocenters. The van der Waals surface area contributed by atoms with E-state index in [1.165, 1.54) is 18.1 Å². The van der Waals surface area contributed by atoms with E-state index < -0.39 is 0 Å². The minimum atomic E-state index is 0.422. The second kappa shape index (κ2) is 5.09. The van der Waals surface area contributed by atoms with Gasteiger partial charge in [-0.1, -0.05) is 11.8 Å². The van der Waals surface area contributed by atoms with E-state index in [0.717, 1.165) is 10.7 Å². The molecule has 0 aromatic carbocycles. The molecule has 90 valence electrons. The highest BCUT2D eigenvalue weighted by molar-refractivity contribution is 7.99. The zero-order chi connectivity index (χ0) is 12.3. The average molecular weight is 251 g/mol. The number of ether oxygens (including phenoxy) is 1. The molecule has 0 spiro atoms. The topological polar surface area (TPSA) is 74.2 Å². The maximum atomic E-state index is 5.93. The first-order chi connectivity index (χ1) is 8.22. The molecule has 0 unspecified atom stereocenters. The van der Waals surface area contributed by atoms with Crippen LogP contribution in [0.25, 0.3) is 0 Å². The summed E-state index contributed by atoms with van der Waals surface area (Å²) in [4.78, 5) is 9.11. The van der Waals surface area contributed by atoms with Crippen molar-refractivity contribution >= 4 is 17.4 Å². The lowest BCUT2D eigenvalue weighted by molar-refractivity contribution is 0.327. The van der Waals surface area contributed by atoms with Gasteiger partial charge in [0.25, 0.3) is 0 Å². The molecule has 0 fully saturated rings.